The summed E-state index contributed by atoms with van der Waals surface area (Å²) in [6, 6.07) is 4.01. The van der Waals surface area contributed by atoms with Gasteiger partial charge in [-0.2, -0.15) is 0 Å². The number of amides is 1. The van der Waals surface area contributed by atoms with Crippen molar-refractivity contribution in [2.24, 2.45) is 5.73 Å². The first-order valence-electron chi connectivity index (χ1n) is 5.84. The summed E-state index contributed by atoms with van der Waals surface area (Å²) in [5.74, 6) is -0.234. The maximum Gasteiger partial charge on any atom is 0.238 e. The van der Waals surface area contributed by atoms with Gasteiger partial charge in [-0.05, 0) is 30.7 Å². The van der Waals surface area contributed by atoms with E-state index in [0.717, 1.165) is 0 Å². The molecular weight excluding hydrogens is 235 g/mol. The van der Waals surface area contributed by atoms with Crippen LogP contribution in [0.3, 0.4) is 0 Å². The molecular formula is C13H19FN2O2. The number of aryl methyl sites for hydroxylation is 1. The van der Waals surface area contributed by atoms with Gasteiger partial charge in [0.25, 0.3) is 0 Å². The number of hydrogen-bond donors (Lipinski definition) is 2. The minimum Gasteiger partial charge on any atom is -0.491 e. The summed E-state index contributed by atoms with van der Waals surface area (Å²) in [4.78, 5) is 11.2. The van der Waals surface area contributed by atoms with Crippen LogP contribution in [0.1, 0.15) is 19.4 Å². The van der Waals surface area contributed by atoms with Crippen molar-refractivity contribution < 1.29 is 13.9 Å². The molecule has 1 aromatic rings. The number of nitrogens with two attached hydrogens (primary N) is 1. The number of rotatable bonds is 6. The van der Waals surface area contributed by atoms with Crippen molar-refractivity contribution in [1.82, 2.24) is 5.32 Å². The lowest BCUT2D eigenvalue weighted by molar-refractivity contribution is -0.120. The smallest absolute Gasteiger partial charge is 0.238 e. The zero-order valence-corrected chi connectivity index (χ0v) is 10.9. The van der Waals surface area contributed by atoms with Gasteiger partial charge in [0, 0.05) is 6.04 Å². The summed E-state index contributed by atoms with van der Waals surface area (Å²) >= 11 is 0. The van der Waals surface area contributed by atoms with Crippen LogP contribution in [-0.4, -0.2) is 24.6 Å². The Bertz CT molecular complexity index is 421. The molecule has 0 saturated carbocycles. The molecule has 1 rings (SSSR count). The van der Waals surface area contributed by atoms with E-state index in [-0.39, 0.29) is 18.5 Å². The van der Waals surface area contributed by atoms with Gasteiger partial charge in [0.05, 0.1) is 0 Å². The van der Waals surface area contributed by atoms with E-state index in [0.29, 0.717) is 11.3 Å². The van der Waals surface area contributed by atoms with Gasteiger partial charge in [-0.3, -0.25) is 4.79 Å². The summed E-state index contributed by atoms with van der Waals surface area (Å²) in [5, 5.41) is 3.00. The van der Waals surface area contributed by atoms with Crippen LogP contribution in [0.4, 0.5) is 4.39 Å². The molecule has 5 heteroatoms. The van der Waals surface area contributed by atoms with Crippen molar-refractivity contribution in [2.75, 3.05) is 6.61 Å². The molecule has 0 aromatic heterocycles. The Hall–Kier alpha value is -1.62. The fourth-order valence-corrected chi connectivity index (χ4v) is 1.50. The third-order valence-corrected chi connectivity index (χ3v) is 2.42. The van der Waals surface area contributed by atoms with Crippen molar-refractivity contribution >= 4 is 5.91 Å². The summed E-state index contributed by atoms with van der Waals surface area (Å²) in [5.41, 5.74) is 5.76. The Morgan fingerprint density at radius 2 is 2.17 bits per heavy atom. The minimum atomic E-state index is -0.560. The van der Waals surface area contributed by atoms with E-state index in [2.05, 4.69) is 5.32 Å². The van der Waals surface area contributed by atoms with E-state index in [1.165, 1.54) is 12.1 Å². The van der Waals surface area contributed by atoms with Gasteiger partial charge in [-0.15, -0.1) is 0 Å². The van der Waals surface area contributed by atoms with Crippen LogP contribution >= 0.6 is 0 Å². The lowest BCUT2D eigenvalue weighted by Crippen LogP contribution is -2.48. The number of carbonyl (C=O) groups is 1. The number of nitrogens with one attached hydrogen (secondary N) is 1. The zero-order valence-electron chi connectivity index (χ0n) is 10.9. The van der Waals surface area contributed by atoms with Crippen LogP contribution in [0.5, 0.6) is 5.75 Å². The number of halogens is 1. The van der Waals surface area contributed by atoms with Crippen molar-refractivity contribution in [3.8, 4) is 5.75 Å². The fourth-order valence-electron chi connectivity index (χ4n) is 1.50. The maximum absolute atomic E-state index is 13.1. The number of benzene rings is 1. The second kappa shape index (κ2) is 6.35. The highest BCUT2D eigenvalue weighted by molar-refractivity contribution is 5.80. The molecule has 0 bridgehead atoms. The highest BCUT2D eigenvalue weighted by Crippen LogP contribution is 2.16. The molecule has 0 radical (unpaired) electrons. The van der Waals surface area contributed by atoms with Gasteiger partial charge in [-0.25, -0.2) is 4.39 Å². The summed E-state index contributed by atoms with van der Waals surface area (Å²) < 4.78 is 18.5. The Morgan fingerprint density at radius 1 is 1.50 bits per heavy atom. The fraction of sp³-hybridized carbons (Fsp3) is 0.462. The van der Waals surface area contributed by atoms with Crippen LogP contribution in [0.25, 0.3) is 0 Å². The van der Waals surface area contributed by atoms with Crippen LogP contribution in [0.2, 0.25) is 0 Å². The molecule has 0 fully saturated rings. The van der Waals surface area contributed by atoms with E-state index < -0.39 is 11.9 Å². The van der Waals surface area contributed by atoms with Crippen LogP contribution in [-0.2, 0) is 4.79 Å². The monoisotopic (exact) mass is 254 g/mol. The Morgan fingerprint density at radius 3 is 2.67 bits per heavy atom. The quantitative estimate of drug-likeness (QED) is 0.805. The molecule has 1 amide bonds. The molecule has 0 aliphatic heterocycles. The van der Waals surface area contributed by atoms with E-state index in [1.807, 2.05) is 13.8 Å². The molecule has 0 heterocycles. The molecule has 0 saturated heterocycles. The van der Waals surface area contributed by atoms with E-state index >= 15 is 0 Å². The second-order valence-electron chi connectivity index (χ2n) is 4.50. The molecule has 100 valence electrons. The van der Waals surface area contributed by atoms with Gasteiger partial charge in [-0.1, -0.05) is 13.8 Å². The first-order valence-corrected chi connectivity index (χ1v) is 5.84. The highest BCUT2D eigenvalue weighted by Gasteiger charge is 2.16. The maximum atomic E-state index is 13.1. The summed E-state index contributed by atoms with van der Waals surface area (Å²) in [6.07, 6.45) is 0. The molecule has 0 aliphatic carbocycles. The van der Waals surface area contributed by atoms with Crippen LogP contribution < -0.4 is 15.8 Å². The molecule has 0 spiro atoms. The molecule has 1 unspecified atom stereocenters. The Kier molecular flexibility index (Phi) is 5.09. The normalized spacial score (nSPS) is 12.5. The SMILES string of the molecule is Cc1cc(OCC(NC(C)C)C(N)=O)ccc1F. The molecule has 18 heavy (non-hydrogen) atoms. The molecule has 1 aromatic carbocycles. The van der Waals surface area contributed by atoms with Crippen molar-refractivity contribution in [2.45, 2.75) is 32.9 Å². The van der Waals surface area contributed by atoms with Crippen molar-refractivity contribution in [1.29, 1.82) is 0 Å². The van der Waals surface area contributed by atoms with E-state index in [4.69, 9.17) is 10.5 Å². The lowest BCUT2D eigenvalue weighted by atomic mass is 10.2. The molecule has 0 aliphatic rings. The summed E-state index contributed by atoms with van der Waals surface area (Å²) in [7, 11) is 0. The average molecular weight is 254 g/mol. The van der Waals surface area contributed by atoms with Gasteiger partial charge in [0.2, 0.25) is 5.91 Å². The van der Waals surface area contributed by atoms with Crippen LogP contribution in [0, 0.1) is 12.7 Å². The van der Waals surface area contributed by atoms with Gasteiger partial charge < -0.3 is 15.8 Å². The predicted molar refractivity (Wildman–Crippen MR) is 67.9 cm³/mol. The standard InChI is InChI=1S/C13H19FN2O2/c1-8(2)16-12(13(15)17)7-18-10-4-5-11(14)9(3)6-10/h4-6,8,12,16H,7H2,1-3H3,(H2,15,17). The van der Waals surface area contributed by atoms with E-state index in [9.17, 15) is 9.18 Å². The third kappa shape index (κ3) is 4.33. The zero-order chi connectivity index (χ0) is 13.7. The van der Waals surface area contributed by atoms with Gasteiger partial charge in [0.1, 0.15) is 24.2 Å². The Balaban J connectivity index is 2.61. The highest BCUT2D eigenvalue weighted by atomic mass is 19.1. The molecule has 4 nitrogen and oxygen atoms in total. The van der Waals surface area contributed by atoms with Crippen LogP contribution in [0.15, 0.2) is 18.2 Å². The molecule has 1 atom stereocenters. The average Bonchev–Trinajstić information content (AvgIpc) is 2.28. The lowest BCUT2D eigenvalue weighted by Gasteiger charge is -2.18. The molecule has 3 N–H and O–H groups in total. The van der Waals surface area contributed by atoms with Crippen molar-refractivity contribution in [3.63, 3.8) is 0 Å². The third-order valence-electron chi connectivity index (χ3n) is 2.42. The van der Waals surface area contributed by atoms with Gasteiger partial charge >= 0.3 is 0 Å². The minimum absolute atomic E-state index is 0.124. The first-order chi connectivity index (χ1) is 8.40. The summed E-state index contributed by atoms with van der Waals surface area (Å²) in [6.45, 7) is 5.61. The second-order valence-corrected chi connectivity index (χ2v) is 4.50. The first kappa shape index (κ1) is 14.4. The van der Waals surface area contributed by atoms with Crippen molar-refractivity contribution in [3.05, 3.63) is 29.6 Å². The largest absolute Gasteiger partial charge is 0.491 e. The number of primary amides is 1. The predicted octanol–water partition coefficient (Wildman–Crippen LogP) is 1.36. The number of carbonyl (C=O) groups excluding carboxylic acids is 1. The topological polar surface area (TPSA) is 64.3 Å². The number of ether oxygens (including phenoxy) is 1. The van der Waals surface area contributed by atoms with E-state index in [1.54, 1.807) is 13.0 Å². The number of hydrogen-bond acceptors (Lipinski definition) is 3. The Labute approximate surface area is 106 Å². The van der Waals surface area contributed by atoms with Gasteiger partial charge in [0.15, 0.2) is 0 Å².